The summed E-state index contributed by atoms with van der Waals surface area (Å²) in [5, 5.41) is 14.8. The Hall–Kier alpha value is -9.89. The van der Waals surface area contributed by atoms with Crippen molar-refractivity contribution in [3.63, 3.8) is 0 Å². The van der Waals surface area contributed by atoms with Crippen LogP contribution in [0.2, 0.25) is 0 Å². The molecule has 0 fully saturated rings. The number of benzene rings is 6. The van der Waals surface area contributed by atoms with Crippen molar-refractivity contribution in [2.24, 2.45) is 0 Å². The van der Waals surface area contributed by atoms with Gasteiger partial charge in [0, 0.05) is 45.7 Å². The van der Waals surface area contributed by atoms with Crippen LogP contribution in [0, 0.1) is 13.8 Å². The SMILES string of the molecule is Cc1ccc2ccc(NC[PH+](c3ccccc3)c3ccccc3)nc2n1.Cc1ccc2ccc(NC[PH+](c3ccccc3)c3ccccc3)nc2n1.F[B-](F)(F)F.F[B-](F)(F)F.[Cu+].[Cu+].c1ccc(-c2cccc(-c3ccccn3)n2)cc1.c1ccc(-c2cccc(-c3ccccn3)n2)cc1. The minimum absolute atomic E-state index is 0. The molecule has 6 aromatic carbocycles. The van der Waals surface area contributed by atoms with Gasteiger partial charge in [-0.25, -0.2) is 29.9 Å². The fourth-order valence-corrected chi connectivity index (χ4v) is 14.3. The van der Waals surface area contributed by atoms with Crippen LogP contribution >= 0.6 is 15.8 Å². The van der Waals surface area contributed by atoms with E-state index < -0.39 is 30.4 Å². The number of anilines is 2. The second-order valence-electron chi connectivity index (χ2n) is 21.5. The van der Waals surface area contributed by atoms with Gasteiger partial charge < -0.3 is 45.2 Å². The fourth-order valence-electron chi connectivity index (χ4n) is 9.76. The van der Waals surface area contributed by atoms with Gasteiger partial charge in [0.1, 0.15) is 24.2 Å². The Bertz CT molecular complexity index is 4190. The van der Waals surface area contributed by atoms with Crippen LogP contribution in [0.1, 0.15) is 11.4 Å². The Morgan fingerprint density at radius 1 is 0.280 bits per heavy atom. The number of hydrogen-bond donors (Lipinski definition) is 2. The summed E-state index contributed by atoms with van der Waals surface area (Å²) in [6, 6.07) is 103. The van der Waals surface area contributed by atoms with Crippen LogP contribution in [0.3, 0.4) is 0 Å². The molecule has 0 saturated carbocycles. The van der Waals surface area contributed by atoms with Gasteiger partial charge in [0.2, 0.25) is 0 Å². The van der Waals surface area contributed by atoms with Gasteiger partial charge in [0.05, 0.1) is 71.2 Å². The average Bonchev–Trinajstić information content (AvgIpc) is 0.837. The van der Waals surface area contributed by atoms with E-state index in [1.807, 2.05) is 147 Å². The molecule has 0 saturated heterocycles. The standard InChI is InChI=1S/2C22H20N3P.2C16H12N2.2BF4.2Cu/c2*1-17-12-13-18-14-15-21(25-22(18)24-17)23-16-26(19-8-4-2-5-9-19)20-10-6-3-7-11-20;2*1-2-7-13(8-3-1)14-10-6-11-16(18-14)15-9-4-5-12-17-15;2*2-1(3,4)5;;/h2*2-15H,16H2,1H3,(H,23,24,25);2*1-12H;;;;/q;;;;2*-1;2*+1/p+2. The molecule has 512 valence electrons. The zero-order valence-electron chi connectivity index (χ0n) is 53.8. The van der Waals surface area contributed by atoms with Gasteiger partial charge in [0.15, 0.2) is 11.3 Å². The number of aromatic nitrogens is 8. The van der Waals surface area contributed by atoms with Crippen molar-refractivity contribution < 1.29 is 68.7 Å². The van der Waals surface area contributed by atoms with E-state index >= 15 is 0 Å². The molecule has 2 N–H and O–H groups in total. The van der Waals surface area contributed by atoms with Gasteiger partial charge >= 0.3 is 48.6 Å². The summed E-state index contributed by atoms with van der Waals surface area (Å²) in [6.07, 6.45) is 5.32. The number of aryl methyl sites for hydroxylation is 2. The minimum Gasteiger partial charge on any atom is -0.418 e. The molecule has 100 heavy (non-hydrogen) atoms. The average molecular weight is 1480 g/mol. The maximum atomic E-state index is 9.75. The zero-order chi connectivity index (χ0) is 69.0. The van der Waals surface area contributed by atoms with E-state index in [2.05, 4.69) is 220 Å². The van der Waals surface area contributed by atoms with Crippen LogP contribution in [0.4, 0.5) is 46.2 Å². The molecule has 0 unspecified atom stereocenters. The maximum Gasteiger partial charge on any atom is 1.00 e. The van der Waals surface area contributed by atoms with Crippen molar-refractivity contribution in [2.75, 3.05) is 23.2 Å². The molecule has 0 atom stereocenters. The second-order valence-corrected chi connectivity index (χ2v) is 26.4. The molecule has 10 nitrogen and oxygen atoms in total. The second kappa shape index (κ2) is 39.6. The molecule has 0 aliphatic heterocycles. The molecular weight excluding hydrogens is 1420 g/mol. The summed E-state index contributed by atoms with van der Waals surface area (Å²) < 4.78 is 78.0. The van der Waals surface area contributed by atoms with Crippen molar-refractivity contribution in [2.45, 2.75) is 13.8 Å². The van der Waals surface area contributed by atoms with Crippen molar-refractivity contribution >= 4 is 85.3 Å². The number of halogens is 8. The van der Waals surface area contributed by atoms with Gasteiger partial charge in [-0.3, -0.25) is 9.97 Å². The summed E-state index contributed by atoms with van der Waals surface area (Å²) in [6.45, 7) is 3.99. The van der Waals surface area contributed by atoms with E-state index in [1.165, 1.54) is 21.2 Å². The monoisotopic (exact) mass is 1480 g/mol. The third kappa shape index (κ3) is 26.1. The molecule has 0 bridgehead atoms. The van der Waals surface area contributed by atoms with Gasteiger partial charge in [0.25, 0.3) is 0 Å². The Kier molecular flexibility index (Phi) is 30.7. The number of rotatable bonds is 14. The van der Waals surface area contributed by atoms with E-state index in [4.69, 9.17) is 0 Å². The first-order valence-electron chi connectivity index (χ1n) is 31.0. The third-order valence-corrected chi connectivity index (χ3v) is 19.4. The van der Waals surface area contributed by atoms with Crippen LogP contribution in [-0.2, 0) is 34.1 Å². The maximum absolute atomic E-state index is 9.75. The fraction of sp³-hybridized carbons (Fsp3) is 0.0526. The predicted octanol–water partition coefficient (Wildman–Crippen LogP) is 18.6. The number of hydrogen-bond acceptors (Lipinski definition) is 10. The zero-order valence-corrected chi connectivity index (χ0v) is 57.7. The topological polar surface area (TPSA) is 127 Å². The van der Waals surface area contributed by atoms with Gasteiger partial charge in [-0.1, -0.05) is 158 Å². The van der Waals surface area contributed by atoms with Crippen LogP contribution in [0.5, 0.6) is 0 Å². The van der Waals surface area contributed by atoms with Crippen molar-refractivity contribution in [1.29, 1.82) is 0 Å². The number of pyridine rings is 8. The minimum atomic E-state index is -6.00. The Morgan fingerprint density at radius 2 is 0.550 bits per heavy atom. The number of fused-ring (bicyclic) bond motifs is 2. The summed E-state index contributed by atoms with van der Waals surface area (Å²) >= 11 is 0. The number of nitrogens with one attached hydrogen (secondary N) is 2. The first-order chi connectivity index (χ1) is 47.5. The molecule has 0 spiro atoms. The Labute approximate surface area is 599 Å². The molecular formula is C76H66B2Cu2F8N10P2+2. The van der Waals surface area contributed by atoms with Gasteiger partial charge in [-0.05, 0) is 159 Å². The molecule has 8 heterocycles. The van der Waals surface area contributed by atoms with E-state index in [-0.39, 0.29) is 34.1 Å². The van der Waals surface area contributed by atoms with Crippen LogP contribution in [-0.4, -0.2) is 67.0 Å². The summed E-state index contributed by atoms with van der Waals surface area (Å²) in [4.78, 5) is 36.4. The van der Waals surface area contributed by atoms with Gasteiger partial charge in [-0.15, -0.1) is 0 Å². The smallest absolute Gasteiger partial charge is 0.418 e. The molecule has 0 aliphatic rings. The molecule has 14 rings (SSSR count). The largest absolute Gasteiger partial charge is 1.00 e. The van der Waals surface area contributed by atoms with Crippen LogP contribution in [0.25, 0.3) is 67.4 Å². The van der Waals surface area contributed by atoms with Crippen LogP contribution < -0.4 is 31.9 Å². The summed E-state index contributed by atoms with van der Waals surface area (Å²) in [5.74, 6) is 1.76. The summed E-state index contributed by atoms with van der Waals surface area (Å²) in [5.41, 5.74) is 11.3. The van der Waals surface area contributed by atoms with E-state index in [1.54, 1.807) is 12.4 Å². The quantitative estimate of drug-likeness (QED) is 0.0617. The first kappa shape index (κ1) is 77.5. The first-order valence-corrected chi connectivity index (χ1v) is 34.4. The van der Waals surface area contributed by atoms with E-state index in [0.717, 1.165) is 103 Å². The normalized spacial score (nSPS) is 10.6. The summed E-state index contributed by atoms with van der Waals surface area (Å²) in [7, 11) is -13.9. The molecule has 0 radical (unpaired) electrons. The van der Waals surface area contributed by atoms with E-state index in [9.17, 15) is 34.5 Å². The Balaban J connectivity index is 0.000000180. The van der Waals surface area contributed by atoms with Gasteiger partial charge in [-0.2, -0.15) is 0 Å². The van der Waals surface area contributed by atoms with Crippen LogP contribution in [0.15, 0.2) is 316 Å². The van der Waals surface area contributed by atoms with Crippen molar-refractivity contribution in [3.8, 4) is 45.3 Å². The number of nitrogens with zero attached hydrogens (tertiary/aromatic N) is 8. The molecule has 0 amide bonds. The molecule has 14 aromatic rings. The Morgan fingerprint density at radius 3 is 0.850 bits per heavy atom. The molecule has 8 aromatic heterocycles. The third-order valence-electron chi connectivity index (χ3n) is 14.3. The van der Waals surface area contributed by atoms with E-state index in [0.29, 0.717) is 0 Å². The molecule has 24 heteroatoms. The van der Waals surface area contributed by atoms with Crippen molar-refractivity contribution in [3.05, 3.63) is 327 Å². The molecule has 0 aliphatic carbocycles. The van der Waals surface area contributed by atoms with Crippen molar-refractivity contribution in [1.82, 2.24) is 39.9 Å². The predicted molar refractivity (Wildman–Crippen MR) is 393 cm³/mol.